The van der Waals surface area contributed by atoms with Crippen LogP contribution in [0.25, 0.3) is 0 Å². The molecule has 0 unspecified atom stereocenters. The molecular weight excluding hydrogens is 505 g/mol. The number of hydrogen-bond donors (Lipinski definition) is 5. The van der Waals surface area contributed by atoms with Gasteiger partial charge < -0.3 is 20.5 Å². The number of ether oxygens (including phenoxy) is 1. The van der Waals surface area contributed by atoms with Crippen molar-refractivity contribution >= 4 is 34.4 Å². The maximum atomic E-state index is 13.1. The first-order valence-corrected chi connectivity index (χ1v) is 12.0. The molecule has 0 saturated carbocycles. The zero-order valence-electron chi connectivity index (χ0n) is 19.4. The number of anilines is 1. The minimum atomic E-state index is -1.17. The standard InChI is InChI=1S/C24H22FN5O6S/c1-2-36-15-6-4-3-5-14(15)19(18-21(33)28-23(35)29-22(18)34)27-24-30-20(32)16(37-24)11-17(31)26-13-9-7-12(25)8-10-13/h3-10,16,19H,2,11H2,1H3,(H,26,31)(H,27,30,32)(H3,28,29,33,34,35)/t16-,19+/m1/s1. The molecule has 0 aliphatic carbocycles. The third kappa shape index (κ3) is 6.06. The second kappa shape index (κ2) is 11.1. The largest absolute Gasteiger partial charge is 0.494 e. The number of hydrogen-bond acceptors (Lipinski definition) is 8. The van der Waals surface area contributed by atoms with Gasteiger partial charge in [0.15, 0.2) is 5.17 Å². The molecule has 1 aliphatic rings. The molecular formula is C24H22FN5O6S. The van der Waals surface area contributed by atoms with Crippen molar-refractivity contribution in [2.45, 2.75) is 24.6 Å². The number of rotatable bonds is 8. The van der Waals surface area contributed by atoms with E-state index in [1.165, 1.54) is 24.3 Å². The molecule has 1 fully saturated rings. The number of nitrogens with zero attached hydrogens (tertiary/aromatic N) is 1. The van der Waals surface area contributed by atoms with Crippen LogP contribution in [0.15, 0.2) is 63.1 Å². The van der Waals surface area contributed by atoms with Crippen LogP contribution in [0.3, 0.4) is 0 Å². The van der Waals surface area contributed by atoms with Gasteiger partial charge in [-0.1, -0.05) is 30.0 Å². The molecule has 0 bridgehead atoms. The van der Waals surface area contributed by atoms with Crippen LogP contribution in [0, 0.1) is 5.82 Å². The number of amidine groups is 1. The van der Waals surface area contributed by atoms with E-state index in [2.05, 4.69) is 25.6 Å². The van der Waals surface area contributed by atoms with Crippen LogP contribution >= 0.6 is 11.8 Å². The number of aliphatic imine (C=N–C) groups is 1. The highest BCUT2D eigenvalue weighted by atomic mass is 32.2. The maximum absolute atomic E-state index is 13.1. The monoisotopic (exact) mass is 527 g/mol. The van der Waals surface area contributed by atoms with Crippen molar-refractivity contribution in [2.24, 2.45) is 4.99 Å². The third-order valence-corrected chi connectivity index (χ3v) is 6.36. The highest BCUT2D eigenvalue weighted by molar-refractivity contribution is 8.15. The van der Waals surface area contributed by atoms with Gasteiger partial charge in [0.25, 0.3) is 5.56 Å². The number of carbonyl (C=O) groups excluding carboxylic acids is 2. The fourth-order valence-electron chi connectivity index (χ4n) is 3.65. The lowest BCUT2D eigenvalue weighted by atomic mass is 10.00. The van der Waals surface area contributed by atoms with Crippen molar-refractivity contribution in [2.75, 3.05) is 11.9 Å². The summed E-state index contributed by atoms with van der Waals surface area (Å²) in [4.78, 5) is 58.0. The van der Waals surface area contributed by atoms with Crippen LogP contribution in [0.1, 0.15) is 30.5 Å². The number of aromatic hydroxyl groups is 1. The molecule has 37 heavy (non-hydrogen) atoms. The Morgan fingerprint density at radius 2 is 1.89 bits per heavy atom. The summed E-state index contributed by atoms with van der Waals surface area (Å²) in [5, 5.41) is 14.9. The van der Waals surface area contributed by atoms with E-state index in [4.69, 9.17) is 4.74 Å². The highest BCUT2D eigenvalue weighted by Gasteiger charge is 2.34. The summed E-state index contributed by atoms with van der Waals surface area (Å²) >= 11 is 0.974. The zero-order chi connectivity index (χ0) is 26.5. The number of carbonyl (C=O) groups is 2. The lowest BCUT2D eigenvalue weighted by Crippen LogP contribution is -2.29. The summed E-state index contributed by atoms with van der Waals surface area (Å²) in [7, 11) is 0. The van der Waals surface area contributed by atoms with Crippen LogP contribution in [-0.2, 0) is 9.59 Å². The number of amides is 2. The fraction of sp³-hybridized carbons (Fsp3) is 0.208. The molecule has 3 aromatic rings. The molecule has 4 rings (SSSR count). The quantitative estimate of drug-likeness (QED) is 0.299. The van der Waals surface area contributed by atoms with Gasteiger partial charge in [-0.2, -0.15) is 0 Å². The SMILES string of the molecule is CCOc1ccccc1[C@H](N=C1NC(=O)[C@@H](CC(=O)Nc2ccc(F)cc2)S1)c1c(O)[nH]c(=O)[nH]c1=O. The number of benzene rings is 2. The van der Waals surface area contributed by atoms with Crippen LogP contribution in [-0.4, -0.2) is 43.9 Å². The molecule has 11 nitrogen and oxygen atoms in total. The van der Waals surface area contributed by atoms with Crippen LogP contribution < -0.4 is 26.6 Å². The minimum Gasteiger partial charge on any atom is -0.494 e. The summed E-state index contributed by atoms with van der Waals surface area (Å²) in [5.41, 5.74) is -1.24. The van der Waals surface area contributed by atoms with Gasteiger partial charge in [-0.05, 0) is 37.3 Å². The van der Waals surface area contributed by atoms with Crippen molar-refractivity contribution < 1.29 is 23.8 Å². The Hall–Kier alpha value is -4.39. The van der Waals surface area contributed by atoms with Crippen molar-refractivity contribution in [1.82, 2.24) is 15.3 Å². The molecule has 0 spiro atoms. The molecule has 1 aromatic heterocycles. The van der Waals surface area contributed by atoms with E-state index in [0.29, 0.717) is 23.6 Å². The molecule has 2 heterocycles. The van der Waals surface area contributed by atoms with E-state index in [-0.39, 0.29) is 17.2 Å². The van der Waals surface area contributed by atoms with Gasteiger partial charge in [-0.25, -0.2) is 14.2 Å². The number of halogens is 1. The van der Waals surface area contributed by atoms with E-state index >= 15 is 0 Å². The highest BCUT2D eigenvalue weighted by Crippen LogP contribution is 2.36. The molecule has 0 radical (unpaired) electrons. The molecule has 1 aliphatic heterocycles. The summed E-state index contributed by atoms with van der Waals surface area (Å²) in [6.45, 7) is 2.08. The zero-order valence-corrected chi connectivity index (χ0v) is 20.2. The van der Waals surface area contributed by atoms with E-state index < -0.39 is 46.1 Å². The Labute approximate surface area is 213 Å². The first-order valence-electron chi connectivity index (χ1n) is 11.1. The Morgan fingerprint density at radius 3 is 2.59 bits per heavy atom. The van der Waals surface area contributed by atoms with Crippen LogP contribution in [0.5, 0.6) is 11.6 Å². The normalized spacial score (nSPS) is 16.9. The second-order valence-electron chi connectivity index (χ2n) is 7.83. The van der Waals surface area contributed by atoms with Crippen molar-refractivity contribution in [3.63, 3.8) is 0 Å². The van der Waals surface area contributed by atoms with Gasteiger partial charge in [-0.15, -0.1) is 0 Å². The summed E-state index contributed by atoms with van der Waals surface area (Å²) in [6, 6.07) is 10.7. The molecule has 2 atom stereocenters. The Morgan fingerprint density at radius 1 is 1.16 bits per heavy atom. The van der Waals surface area contributed by atoms with E-state index in [0.717, 1.165) is 11.8 Å². The minimum absolute atomic E-state index is 0.103. The summed E-state index contributed by atoms with van der Waals surface area (Å²) < 4.78 is 18.7. The predicted octanol–water partition coefficient (Wildman–Crippen LogP) is 2.01. The Kier molecular flexibility index (Phi) is 7.72. The first-order chi connectivity index (χ1) is 17.7. The average molecular weight is 528 g/mol. The van der Waals surface area contributed by atoms with Gasteiger partial charge in [0, 0.05) is 17.7 Å². The smallest absolute Gasteiger partial charge is 0.328 e. The summed E-state index contributed by atoms with van der Waals surface area (Å²) in [6.07, 6.45) is -0.197. The Balaban J connectivity index is 1.63. The summed E-state index contributed by atoms with van der Waals surface area (Å²) in [5.74, 6) is -1.69. The number of thioether (sulfide) groups is 1. The number of nitrogens with one attached hydrogen (secondary N) is 4. The predicted molar refractivity (Wildman–Crippen MR) is 135 cm³/mol. The van der Waals surface area contributed by atoms with E-state index in [1.54, 1.807) is 31.2 Å². The molecule has 1 saturated heterocycles. The van der Waals surface area contributed by atoms with Crippen LogP contribution in [0.2, 0.25) is 0 Å². The molecule has 2 amide bonds. The number of para-hydroxylation sites is 1. The van der Waals surface area contributed by atoms with E-state index in [9.17, 15) is 28.7 Å². The lowest BCUT2D eigenvalue weighted by Gasteiger charge is -2.18. The van der Waals surface area contributed by atoms with Gasteiger partial charge in [0.05, 0.1) is 6.61 Å². The third-order valence-electron chi connectivity index (χ3n) is 5.27. The van der Waals surface area contributed by atoms with Gasteiger partial charge in [-0.3, -0.25) is 24.4 Å². The molecule has 13 heteroatoms. The van der Waals surface area contributed by atoms with E-state index in [1.807, 2.05) is 0 Å². The average Bonchev–Trinajstić information content (AvgIpc) is 3.18. The fourth-order valence-corrected chi connectivity index (χ4v) is 4.65. The second-order valence-corrected chi connectivity index (χ2v) is 9.02. The van der Waals surface area contributed by atoms with Crippen LogP contribution in [0.4, 0.5) is 10.1 Å². The number of H-pyrrole nitrogens is 2. The van der Waals surface area contributed by atoms with Crippen molar-refractivity contribution in [3.8, 4) is 11.6 Å². The van der Waals surface area contributed by atoms with Crippen molar-refractivity contribution in [1.29, 1.82) is 0 Å². The van der Waals surface area contributed by atoms with Crippen molar-refractivity contribution in [3.05, 3.63) is 86.3 Å². The molecule has 192 valence electrons. The topological polar surface area (TPSA) is 166 Å². The molecule has 5 N–H and O–H groups in total. The van der Waals surface area contributed by atoms with Gasteiger partial charge in [0.1, 0.15) is 28.4 Å². The first kappa shape index (κ1) is 25.7. The molecule has 2 aromatic carbocycles. The van der Waals surface area contributed by atoms with Gasteiger partial charge in [0.2, 0.25) is 17.7 Å². The number of aromatic amines is 2. The Bertz CT molecular complexity index is 1470. The van der Waals surface area contributed by atoms with Gasteiger partial charge >= 0.3 is 5.69 Å². The maximum Gasteiger partial charge on any atom is 0.328 e. The number of aromatic nitrogens is 2. The lowest BCUT2D eigenvalue weighted by molar-refractivity contribution is -0.122.